The van der Waals surface area contributed by atoms with Crippen LogP contribution < -0.4 is 10.6 Å². The standard InChI is InChI=1S/C14H20ClN3O4S/c1-3-4-7-10-18(23(2,21)22)14(20)17-13(19)16-12-9-6-5-8-11(12)15/h5-6,8-9H,3-4,7,10H2,1-2H3,(H2,16,17,19,20). The molecule has 0 aliphatic heterocycles. The minimum absolute atomic E-state index is 0.0257. The van der Waals surface area contributed by atoms with Gasteiger partial charge < -0.3 is 5.32 Å². The molecule has 0 heterocycles. The summed E-state index contributed by atoms with van der Waals surface area (Å²) in [5.41, 5.74) is 0.316. The average Bonchev–Trinajstić information content (AvgIpc) is 2.44. The maximum Gasteiger partial charge on any atom is 0.339 e. The van der Waals surface area contributed by atoms with Crippen LogP contribution in [0.2, 0.25) is 5.02 Å². The van der Waals surface area contributed by atoms with E-state index in [2.05, 4.69) is 5.32 Å². The molecular formula is C14H20ClN3O4S. The van der Waals surface area contributed by atoms with E-state index in [4.69, 9.17) is 11.6 Å². The zero-order valence-electron chi connectivity index (χ0n) is 13.0. The maximum absolute atomic E-state index is 12.0. The zero-order valence-corrected chi connectivity index (χ0v) is 14.6. The van der Waals surface area contributed by atoms with E-state index in [0.717, 1.165) is 19.1 Å². The van der Waals surface area contributed by atoms with Crippen LogP contribution in [0.25, 0.3) is 0 Å². The first kappa shape index (κ1) is 19.2. The molecule has 9 heteroatoms. The molecule has 0 fully saturated rings. The quantitative estimate of drug-likeness (QED) is 0.761. The van der Waals surface area contributed by atoms with Gasteiger partial charge in [0.05, 0.1) is 17.0 Å². The Hall–Kier alpha value is -1.80. The lowest BCUT2D eigenvalue weighted by molar-refractivity contribution is 0.219. The number of sulfonamides is 1. The van der Waals surface area contributed by atoms with Crippen molar-refractivity contribution in [1.29, 1.82) is 0 Å². The number of para-hydroxylation sites is 1. The summed E-state index contributed by atoms with van der Waals surface area (Å²) >= 11 is 5.89. The molecule has 0 aliphatic carbocycles. The van der Waals surface area contributed by atoms with Gasteiger partial charge in [-0.2, -0.15) is 0 Å². The van der Waals surface area contributed by atoms with E-state index in [1.807, 2.05) is 12.2 Å². The number of nitrogens with one attached hydrogen (secondary N) is 2. The number of nitrogens with zero attached hydrogens (tertiary/aromatic N) is 1. The van der Waals surface area contributed by atoms with Crippen molar-refractivity contribution in [3.63, 3.8) is 0 Å². The summed E-state index contributed by atoms with van der Waals surface area (Å²) in [6, 6.07) is 4.64. The number of imide groups is 1. The summed E-state index contributed by atoms with van der Waals surface area (Å²) in [7, 11) is -3.76. The van der Waals surface area contributed by atoms with Crippen LogP contribution in [0.4, 0.5) is 15.3 Å². The van der Waals surface area contributed by atoms with Crippen LogP contribution in [0.1, 0.15) is 26.2 Å². The van der Waals surface area contributed by atoms with Gasteiger partial charge in [0.2, 0.25) is 10.0 Å². The molecule has 2 N–H and O–H groups in total. The first-order chi connectivity index (χ1) is 10.8. The zero-order chi connectivity index (χ0) is 17.5. The van der Waals surface area contributed by atoms with Gasteiger partial charge in [0.25, 0.3) is 0 Å². The topological polar surface area (TPSA) is 95.6 Å². The van der Waals surface area contributed by atoms with Gasteiger partial charge in [-0.3, -0.25) is 5.32 Å². The molecule has 0 saturated heterocycles. The number of urea groups is 2. The number of amides is 4. The van der Waals surface area contributed by atoms with Crippen LogP contribution >= 0.6 is 11.6 Å². The lowest BCUT2D eigenvalue weighted by Crippen LogP contribution is -2.47. The lowest BCUT2D eigenvalue weighted by Gasteiger charge is -2.20. The molecule has 4 amide bonds. The Labute approximate surface area is 141 Å². The van der Waals surface area contributed by atoms with Crippen molar-refractivity contribution < 1.29 is 18.0 Å². The maximum atomic E-state index is 12.0. The Bertz CT molecular complexity index is 664. The van der Waals surface area contributed by atoms with Crippen LogP contribution in [0.15, 0.2) is 24.3 Å². The van der Waals surface area contributed by atoms with Crippen LogP contribution in [-0.4, -0.2) is 37.6 Å². The number of unbranched alkanes of at least 4 members (excludes halogenated alkanes) is 2. The van der Waals surface area contributed by atoms with Gasteiger partial charge in [0.15, 0.2) is 0 Å². The molecule has 1 rings (SSSR count). The summed E-state index contributed by atoms with van der Waals surface area (Å²) in [5.74, 6) is 0. The highest BCUT2D eigenvalue weighted by Crippen LogP contribution is 2.20. The van der Waals surface area contributed by atoms with E-state index >= 15 is 0 Å². The van der Waals surface area contributed by atoms with Gasteiger partial charge in [-0.25, -0.2) is 22.3 Å². The van der Waals surface area contributed by atoms with Gasteiger partial charge >= 0.3 is 12.1 Å². The molecule has 0 aliphatic rings. The predicted octanol–water partition coefficient (Wildman–Crippen LogP) is 3.03. The summed E-state index contributed by atoms with van der Waals surface area (Å²) in [6.07, 6.45) is 3.12. The molecule has 23 heavy (non-hydrogen) atoms. The molecular weight excluding hydrogens is 342 g/mol. The molecule has 0 atom stereocenters. The largest absolute Gasteiger partial charge is 0.339 e. The fraction of sp³-hybridized carbons (Fsp3) is 0.429. The second-order valence-electron chi connectivity index (χ2n) is 4.91. The second-order valence-corrected chi connectivity index (χ2v) is 7.22. The molecule has 1 aromatic rings. The van der Waals surface area contributed by atoms with Crippen LogP contribution in [0.3, 0.4) is 0 Å². The number of hydrogen-bond acceptors (Lipinski definition) is 4. The number of hydrogen-bond donors (Lipinski definition) is 2. The van der Waals surface area contributed by atoms with E-state index in [-0.39, 0.29) is 6.54 Å². The second kappa shape index (κ2) is 8.73. The SMILES string of the molecule is CCCCCN(C(=O)NC(=O)Nc1ccccc1Cl)S(C)(=O)=O. The van der Waals surface area contributed by atoms with Crippen LogP contribution in [0.5, 0.6) is 0 Å². The molecule has 7 nitrogen and oxygen atoms in total. The highest BCUT2D eigenvalue weighted by atomic mass is 35.5. The highest BCUT2D eigenvalue weighted by Gasteiger charge is 2.24. The third-order valence-electron chi connectivity index (χ3n) is 2.93. The first-order valence-corrected chi connectivity index (χ1v) is 9.32. The van der Waals surface area contributed by atoms with Crippen molar-refractivity contribution in [2.75, 3.05) is 18.1 Å². The van der Waals surface area contributed by atoms with Crippen molar-refractivity contribution in [2.45, 2.75) is 26.2 Å². The van der Waals surface area contributed by atoms with Crippen molar-refractivity contribution in [2.24, 2.45) is 0 Å². The van der Waals surface area contributed by atoms with Gasteiger partial charge in [-0.15, -0.1) is 0 Å². The van der Waals surface area contributed by atoms with E-state index in [1.54, 1.807) is 24.3 Å². The number of rotatable bonds is 6. The normalized spacial score (nSPS) is 10.9. The third kappa shape index (κ3) is 6.45. The molecule has 0 bridgehead atoms. The fourth-order valence-electron chi connectivity index (χ4n) is 1.80. The monoisotopic (exact) mass is 361 g/mol. The van der Waals surface area contributed by atoms with Crippen LogP contribution in [0, 0.1) is 0 Å². The first-order valence-electron chi connectivity index (χ1n) is 7.10. The minimum atomic E-state index is -3.76. The Kier molecular flexibility index (Phi) is 7.31. The Balaban J connectivity index is 2.70. The predicted molar refractivity (Wildman–Crippen MR) is 90.1 cm³/mol. The summed E-state index contributed by atoms with van der Waals surface area (Å²) in [4.78, 5) is 23.8. The minimum Gasteiger partial charge on any atom is -0.306 e. The number of benzene rings is 1. The molecule has 0 saturated carbocycles. The van der Waals surface area contributed by atoms with Gasteiger partial charge in [0.1, 0.15) is 0 Å². The molecule has 0 radical (unpaired) electrons. The van der Waals surface area contributed by atoms with Gasteiger partial charge in [-0.1, -0.05) is 43.5 Å². The van der Waals surface area contributed by atoms with E-state index in [0.29, 0.717) is 21.4 Å². The number of halogens is 1. The third-order valence-corrected chi connectivity index (χ3v) is 4.41. The fourth-order valence-corrected chi connectivity index (χ4v) is 2.79. The number of carbonyl (C=O) groups excluding carboxylic acids is 2. The Morgan fingerprint density at radius 3 is 2.43 bits per heavy atom. The van der Waals surface area contributed by atoms with E-state index in [9.17, 15) is 18.0 Å². The van der Waals surface area contributed by atoms with Gasteiger partial charge in [0, 0.05) is 6.54 Å². The molecule has 0 aromatic heterocycles. The van der Waals surface area contributed by atoms with Crippen molar-refractivity contribution in [3.05, 3.63) is 29.3 Å². The summed E-state index contributed by atoms with van der Waals surface area (Å²) < 4.78 is 24.0. The van der Waals surface area contributed by atoms with Gasteiger partial charge in [-0.05, 0) is 18.6 Å². The lowest BCUT2D eigenvalue weighted by atomic mass is 10.2. The molecule has 0 spiro atoms. The molecule has 0 unspecified atom stereocenters. The summed E-state index contributed by atoms with van der Waals surface area (Å²) in [6.45, 7) is 1.99. The molecule has 1 aromatic carbocycles. The van der Waals surface area contributed by atoms with Crippen LogP contribution in [-0.2, 0) is 10.0 Å². The smallest absolute Gasteiger partial charge is 0.306 e. The van der Waals surface area contributed by atoms with Crippen molar-refractivity contribution in [1.82, 2.24) is 9.62 Å². The Morgan fingerprint density at radius 2 is 1.87 bits per heavy atom. The Morgan fingerprint density at radius 1 is 1.22 bits per heavy atom. The highest BCUT2D eigenvalue weighted by molar-refractivity contribution is 7.88. The summed E-state index contributed by atoms with van der Waals surface area (Å²) in [5, 5.41) is 4.68. The van der Waals surface area contributed by atoms with Crippen molar-refractivity contribution >= 4 is 39.4 Å². The number of carbonyl (C=O) groups is 2. The number of anilines is 1. The van der Waals surface area contributed by atoms with E-state index < -0.39 is 22.1 Å². The van der Waals surface area contributed by atoms with Crippen molar-refractivity contribution in [3.8, 4) is 0 Å². The molecule has 128 valence electrons. The van der Waals surface area contributed by atoms with E-state index in [1.165, 1.54) is 0 Å². The average molecular weight is 362 g/mol.